The molecule has 0 radical (unpaired) electrons. The van der Waals surface area contributed by atoms with Crippen LogP contribution >= 0.6 is 0 Å². The van der Waals surface area contributed by atoms with Gasteiger partial charge in [0.25, 0.3) is 5.91 Å². The van der Waals surface area contributed by atoms with Gasteiger partial charge in [0.2, 0.25) is 17.8 Å². The van der Waals surface area contributed by atoms with E-state index < -0.39 is 0 Å². The highest BCUT2D eigenvalue weighted by Crippen LogP contribution is 2.23. The SMILES string of the molecule is C=CCNc1nc(Nc2ccc(C(=O)NCCOCCOCCN)cc2)nc(NC2CCC2)n1. The molecule has 6 N–H and O–H groups in total. The van der Waals surface area contributed by atoms with E-state index in [0.29, 0.717) is 75.5 Å². The predicted octanol–water partition coefficient (Wildman–Crippen LogP) is 1.90. The number of carbonyl (C=O) groups is 1. The molecular formula is C23H34N8O3. The number of rotatable bonds is 16. The molecule has 3 rings (SSSR count). The Morgan fingerprint density at radius 2 is 1.74 bits per heavy atom. The molecule has 2 aromatic rings. The van der Waals surface area contributed by atoms with Gasteiger partial charge in [-0.05, 0) is 43.5 Å². The van der Waals surface area contributed by atoms with Gasteiger partial charge >= 0.3 is 0 Å². The van der Waals surface area contributed by atoms with Crippen LogP contribution in [0, 0.1) is 0 Å². The minimum absolute atomic E-state index is 0.169. The fourth-order valence-corrected chi connectivity index (χ4v) is 3.05. The highest BCUT2D eigenvalue weighted by atomic mass is 16.5. The first kappa shape index (κ1) is 25.3. The van der Waals surface area contributed by atoms with Crippen LogP contribution in [0.1, 0.15) is 29.6 Å². The first-order chi connectivity index (χ1) is 16.7. The van der Waals surface area contributed by atoms with Crippen LogP contribution in [0.4, 0.5) is 23.5 Å². The van der Waals surface area contributed by atoms with E-state index in [1.54, 1.807) is 30.3 Å². The lowest BCUT2D eigenvalue weighted by atomic mass is 9.93. The van der Waals surface area contributed by atoms with Crippen LogP contribution in [-0.2, 0) is 9.47 Å². The second kappa shape index (κ2) is 14.1. The van der Waals surface area contributed by atoms with Crippen molar-refractivity contribution in [2.75, 3.05) is 62.0 Å². The van der Waals surface area contributed by atoms with Crippen molar-refractivity contribution < 1.29 is 14.3 Å². The summed E-state index contributed by atoms with van der Waals surface area (Å²) >= 11 is 0. The second-order valence-electron chi connectivity index (χ2n) is 7.72. The van der Waals surface area contributed by atoms with E-state index >= 15 is 0 Å². The molecule has 11 heteroatoms. The molecule has 1 fully saturated rings. The third-order valence-electron chi connectivity index (χ3n) is 5.05. The summed E-state index contributed by atoms with van der Waals surface area (Å²) in [6, 6.07) is 7.49. The Morgan fingerprint density at radius 1 is 1.03 bits per heavy atom. The topological polar surface area (TPSA) is 148 Å². The van der Waals surface area contributed by atoms with Gasteiger partial charge in [-0.3, -0.25) is 4.79 Å². The van der Waals surface area contributed by atoms with Crippen molar-refractivity contribution in [1.29, 1.82) is 0 Å². The minimum Gasteiger partial charge on any atom is -0.378 e. The number of nitrogens with two attached hydrogens (primary N) is 1. The predicted molar refractivity (Wildman–Crippen MR) is 133 cm³/mol. The van der Waals surface area contributed by atoms with Gasteiger partial charge in [-0.1, -0.05) is 6.08 Å². The molecule has 34 heavy (non-hydrogen) atoms. The lowest BCUT2D eigenvalue weighted by Crippen LogP contribution is -2.28. The number of amides is 1. The smallest absolute Gasteiger partial charge is 0.251 e. The number of nitrogens with one attached hydrogen (secondary N) is 4. The number of nitrogens with zero attached hydrogens (tertiary/aromatic N) is 3. The molecule has 0 spiro atoms. The number of hydrogen-bond acceptors (Lipinski definition) is 10. The normalized spacial score (nSPS) is 13.1. The Morgan fingerprint density at radius 3 is 2.41 bits per heavy atom. The van der Waals surface area contributed by atoms with Gasteiger partial charge in [-0.15, -0.1) is 6.58 Å². The van der Waals surface area contributed by atoms with Crippen molar-refractivity contribution in [3.63, 3.8) is 0 Å². The third-order valence-corrected chi connectivity index (χ3v) is 5.05. The highest BCUT2D eigenvalue weighted by Gasteiger charge is 2.19. The van der Waals surface area contributed by atoms with Crippen LogP contribution in [0.25, 0.3) is 0 Å². The summed E-state index contributed by atoms with van der Waals surface area (Å²) in [5.41, 5.74) is 6.65. The van der Waals surface area contributed by atoms with E-state index in [9.17, 15) is 4.79 Å². The van der Waals surface area contributed by atoms with Gasteiger partial charge < -0.3 is 36.5 Å². The molecule has 0 aliphatic heterocycles. The third kappa shape index (κ3) is 8.58. The molecule has 1 aliphatic rings. The zero-order valence-corrected chi connectivity index (χ0v) is 19.4. The van der Waals surface area contributed by atoms with Crippen molar-refractivity contribution in [3.05, 3.63) is 42.5 Å². The minimum atomic E-state index is -0.169. The molecule has 1 aliphatic carbocycles. The van der Waals surface area contributed by atoms with Gasteiger partial charge in [0, 0.05) is 36.9 Å². The van der Waals surface area contributed by atoms with E-state index in [4.69, 9.17) is 15.2 Å². The van der Waals surface area contributed by atoms with Crippen LogP contribution in [0.3, 0.4) is 0 Å². The highest BCUT2D eigenvalue weighted by molar-refractivity contribution is 5.94. The van der Waals surface area contributed by atoms with Crippen LogP contribution < -0.4 is 27.0 Å². The number of hydrogen-bond donors (Lipinski definition) is 5. The molecular weight excluding hydrogens is 436 g/mol. The van der Waals surface area contributed by atoms with Crippen molar-refractivity contribution in [2.45, 2.75) is 25.3 Å². The van der Waals surface area contributed by atoms with Crippen LogP contribution in [0.2, 0.25) is 0 Å². The molecule has 1 aromatic heterocycles. The quantitative estimate of drug-likeness (QED) is 0.182. The van der Waals surface area contributed by atoms with Crippen molar-refractivity contribution in [2.24, 2.45) is 5.73 Å². The van der Waals surface area contributed by atoms with Crippen LogP contribution in [0.15, 0.2) is 36.9 Å². The van der Waals surface area contributed by atoms with Crippen molar-refractivity contribution in [1.82, 2.24) is 20.3 Å². The molecule has 0 atom stereocenters. The number of anilines is 4. The summed E-state index contributed by atoms with van der Waals surface area (Å²) < 4.78 is 10.6. The maximum atomic E-state index is 12.3. The average Bonchev–Trinajstić information content (AvgIpc) is 2.82. The van der Waals surface area contributed by atoms with Gasteiger partial charge in [0.05, 0.1) is 26.4 Å². The maximum Gasteiger partial charge on any atom is 0.251 e. The second-order valence-corrected chi connectivity index (χ2v) is 7.72. The summed E-state index contributed by atoms with van der Waals surface area (Å²) in [5, 5.41) is 12.5. The molecule has 0 bridgehead atoms. The molecule has 0 unspecified atom stereocenters. The largest absolute Gasteiger partial charge is 0.378 e. The molecule has 184 valence electrons. The van der Waals surface area contributed by atoms with E-state index in [2.05, 4.69) is 42.8 Å². The Balaban J connectivity index is 1.49. The van der Waals surface area contributed by atoms with Crippen molar-refractivity contribution in [3.8, 4) is 0 Å². The molecule has 1 saturated carbocycles. The van der Waals surface area contributed by atoms with Crippen molar-refractivity contribution >= 4 is 29.4 Å². The number of benzene rings is 1. The maximum absolute atomic E-state index is 12.3. The number of aromatic nitrogens is 3. The fraction of sp³-hybridized carbons (Fsp3) is 0.478. The first-order valence-electron chi connectivity index (χ1n) is 11.6. The molecule has 1 amide bonds. The number of ether oxygens (including phenoxy) is 2. The van der Waals surface area contributed by atoms with E-state index in [1.807, 2.05) is 0 Å². The Bertz CT molecular complexity index is 906. The van der Waals surface area contributed by atoms with Gasteiger partial charge in [0.15, 0.2) is 0 Å². The molecule has 11 nitrogen and oxygen atoms in total. The van der Waals surface area contributed by atoms with E-state index in [1.165, 1.54) is 6.42 Å². The Hall–Kier alpha value is -3.28. The number of carbonyl (C=O) groups excluding carboxylic acids is 1. The standard InChI is InChI=1S/C23H34N8O3/c1-2-11-26-21-29-22(27-18-4-3-5-18)31-23(30-21)28-19-8-6-17(7-9-19)20(32)25-12-14-34-16-15-33-13-10-24/h2,6-9,18H,1,3-5,10-16,24H2,(H,25,32)(H3,26,27,28,29,30,31). The molecule has 1 heterocycles. The Kier molecular flexibility index (Phi) is 10.5. The lowest BCUT2D eigenvalue weighted by molar-refractivity contribution is 0.0511. The Labute approximate surface area is 199 Å². The van der Waals surface area contributed by atoms with Gasteiger partial charge in [-0.25, -0.2) is 0 Å². The first-order valence-corrected chi connectivity index (χ1v) is 11.6. The molecule has 1 aromatic carbocycles. The lowest BCUT2D eigenvalue weighted by Gasteiger charge is -2.26. The van der Waals surface area contributed by atoms with Gasteiger partial charge in [-0.2, -0.15) is 15.0 Å². The summed E-state index contributed by atoms with van der Waals surface area (Å²) in [7, 11) is 0. The average molecular weight is 471 g/mol. The molecule has 0 saturated heterocycles. The fourth-order valence-electron chi connectivity index (χ4n) is 3.05. The summed E-state index contributed by atoms with van der Waals surface area (Å²) in [5.74, 6) is 1.23. The summed E-state index contributed by atoms with van der Waals surface area (Å²) in [4.78, 5) is 25.7. The van der Waals surface area contributed by atoms with E-state index in [0.717, 1.165) is 18.5 Å². The van der Waals surface area contributed by atoms with E-state index in [-0.39, 0.29) is 5.91 Å². The summed E-state index contributed by atoms with van der Waals surface area (Å²) in [6.45, 7) is 7.05. The summed E-state index contributed by atoms with van der Waals surface area (Å²) in [6.07, 6.45) is 5.18. The van der Waals surface area contributed by atoms with Crippen LogP contribution in [0.5, 0.6) is 0 Å². The zero-order valence-electron chi connectivity index (χ0n) is 19.4. The van der Waals surface area contributed by atoms with Gasteiger partial charge in [0.1, 0.15) is 0 Å². The zero-order chi connectivity index (χ0) is 24.0. The monoisotopic (exact) mass is 470 g/mol. The van der Waals surface area contributed by atoms with Crippen LogP contribution in [-0.4, -0.2) is 73.0 Å².